The molecule has 3 amide bonds. The van der Waals surface area contributed by atoms with E-state index in [1.54, 1.807) is 25.3 Å². The van der Waals surface area contributed by atoms with Crippen molar-refractivity contribution in [3.63, 3.8) is 0 Å². The summed E-state index contributed by atoms with van der Waals surface area (Å²) in [6.07, 6.45) is 0. The van der Waals surface area contributed by atoms with Crippen LogP contribution in [-0.2, 0) is 9.59 Å². The number of hydroxylamine groups is 1. The molecule has 0 aliphatic heterocycles. The molecule has 4 N–H and O–H groups in total. The largest absolute Gasteiger partial charge is 0.496 e. The van der Waals surface area contributed by atoms with E-state index in [0.29, 0.717) is 11.3 Å². The highest BCUT2D eigenvalue weighted by Crippen LogP contribution is 2.28. The van der Waals surface area contributed by atoms with Gasteiger partial charge in [0.2, 0.25) is 5.91 Å². The number of methoxy groups -OCH3 is 1. The van der Waals surface area contributed by atoms with E-state index >= 15 is 0 Å². The molecule has 0 spiro atoms. The Morgan fingerprint density at radius 2 is 1.56 bits per heavy atom. The van der Waals surface area contributed by atoms with Crippen molar-refractivity contribution in [2.75, 3.05) is 19.4 Å². The topological polar surface area (TPSA) is 117 Å². The number of rotatable bonds is 10. The van der Waals surface area contributed by atoms with Gasteiger partial charge < -0.3 is 15.4 Å². The van der Waals surface area contributed by atoms with Crippen LogP contribution in [0, 0.1) is 0 Å². The first-order valence-corrected chi connectivity index (χ1v) is 11.4. The second-order valence-electron chi connectivity index (χ2n) is 7.19. The molecule has 0 saturated carbocycles. The molecule has 3 aromatic rings. The number of hydrogen-bond acceptors (Lipinski definition) is 6. The van der Waals surface area contributed by atoms with Crippen LogP contribution in [0.2, 0.25) is 0 Å². The van der Waals surface area contributed by atoms with Crippen molar-refractivity contribution < 1.29 is 24.3 Å². The lowest BCUT2D eigenvalue weighted by Gasteiger charge is -2.17. The maximum absolute atomic E-state index is 12.6. The molecule has 3 aromatic carbocycles. The summed E-state index contributed by atoms with van der Waals surface area (Å²) < 4.78 is 5.26. The van der Waals surface area contributed by atoms with E-state index in [9.17, 15) is 14.4 Å². The number of nitrogens with one attached hydrogen (secondary N) is 3. The Bertz CT molecular complexity index is 1120. The van der Waals surface area contributed by atoms with Crippen molar-refractivity contribution in [1.82, 2.24) is 16.1 Å². The first-order chi connectivity index (χ1) is 16.5. The van der Waals surface area contributed by atoms with Crippen LogP contribution < -0.4 is 20.9 Å². The van der Waals surface area contributed by atoms with Gasteiger partial charge in [-0.15, -0.1) is 11.8 Å². The van der Waals surface area contributed by atoms with E-state index in [4.69, 9.17) is 9.94 Å². The van der Waals surface area contributed by atoms with Gasteiger partial charge in [0.1, 0.15) is 11.8 Å². The third kappa shape index (κ3) is 6.84. The van der Waals surface area contributed by atoms with Gasteiger partial charge in [0.15, 0.2) is 0 Å². The summed E-state index contributed by atoms with van der Waals surface area (Å²) >= 11 is 1.28. The van der Waals surface area contributed by atoms with Crippen LogP contribution in [-0.4, -0.2) is 48.4 Å². The fourth-order valence-electron chi connectivity index (χ4n) is 3.12. The molecule has 8 nitrogen and oxygen atoms in total. The second-order valence-corrected chi connectivity index (χ2v) is 8.21. The summed E-state index contributed by atoms with van der Waals surface area (Å²) in [7, 11) is 1.55. The SMILES string of the molecule is COc1ccccc1SCC(=O)NC[C@H](NC(=O)c1ccc(-c2ccccc2)cc1)C(=O)NO. The molecule has 9 heteroatoms. The van der Waals surface area contributed by atoms with Gasteiger partial charge in [-0.3, -0.25) is 19.6 Å². The second kappa shape index (κ2) is 12.4. The Balaban J connectivity index is 1.56. The van der Waals surface area contributed by atoms with Gasteiger partial charge in [-0.05, 0) is 35.4 Å². The van der Waals surface area contributed by atoms with E-state index in [1.165, 1.54) is 17.2 Å². The van der Waals surface area contributed by atoms with E-state index in [0.717, 1.165) is 16.0 Å². The lowest BCUT2D eigenvalue weighted by atomic mass is 10.0. The average Bonchev–Trinajstić information content (AvgIpc) is 2.89. The normalized spacial score (nSPS) is 11.2. The smallest absolute Gasteiger partial charge is 0.267 e. The van der Waals surface area contributed by atoms with Crippen LogP contribution in [0.1, 0.15) is 10.4 Å². The van der Waals surface area contributed by atoms with Crippen molar-refractivity contribution in [2.24, 2.45) is 0 Å². The van der Waals surface area contributed by atoms with Crippen LogP contribution >= 0.6 is 11.8 Å². The van der Waals surface area contributed by atoms with E-state index in [-0.39, 0.29) is 18.2 Å². The third-order valence-electron chi connectivity index (χ3n) is 4.92. The minimum absolute atomic E-state index is 0.0860. The number of amides is 3. The third-order valence-corrected chi connectivity index (χ3v) is 5.97. The molecule has 1 atom stereocenters. The minimum atomic E-state index is -1.16. The Kier molecular flexibility index (Phi) is 9.07. The number of carbonyl (C=O) groups excluding carboxylic acids is 3. The van der Waals surface area contributed by atoms with Gasteiger partial charge in [-0.25, -0.2) is 5.48 Å². The molecule has 0 heterocycles. The Labute approximate surface area is 201 Å². The maximum Gasteiger partial charge on any atom is 0.267 e. The maximum atomic E-state index is 12.6. The zero-order chi connectivity index (χ0) is 24.3. The highest BCUT2D eigenvalue weighted by Gasteiger charge is 2.22. The molecule has 0 fully saturated rings. The molecular weight excluding hydrogens is 454 g/mol. The molecule has 176 valence electrons. The summed E-state index contributed by atoms with van der Waals surface area (Å²) in [6.45, 7) is -0.189. The lowest BCUT2D eigenvalue weighted by molar-refractivity contribution is -0.131. The van der Waals surface area contributed by atoms with E-state index in [1.807, 2.05) is 60.7 Å². The molecule has 3 rings (SSSR count). The molecule has 0 bridgehead atoms. The minimum Gasteiger partial charge on any atom is -0.496 e. The Morgan fingerprint density at radius 1 is 0.912 bits per heavy atom. The van der Waals surface area contributed by atoms with Crippen molar-refractivity contribution in [3.8, 4) is 16.9 Å². The number of benzene rings is 3. The van der Waals surface area contributed by atoms with Crippen molar-refractivity contribution in [2.45, 2.75) is 10.9 Å². The van der Waals surface area contributed by atoms with E-state index in [2.05, 4.69) is 10.6 Å². The molecular formula is C25H25N3O5S. The van der Waals surface area contributed by atoms with Crippen LogP contribution in [0.25, 0.3) is 11.1 Å². The molecule has 0 aromatic heterocycles. The van der Waals surface area contributed by atoms with Crippen LogP contribution in [0.5, 0.6) is 5.75 Å². The molecule has 0 aliphatic rings. The predicted molar refractivity (Wildman–Crippen MR) is 130 cm³/mol. The van der Waals surface area contributed by atoms with Gasteiger partial charge in [-0.2, -0.15) is 0 Å². The fraction of sp³-hybridized carbons (Fsp3) is 0.160. The van der Waals surface area contributed by atoms with Gasteiger partial charge >= 0.3 is 0 Å². The summed E-state index contributed by atoms with van der Waals surface area (Å²) in [5.41, 5.74) is 3.82. The first kappa shape index (κ1) is 24.8. The zero-order valence-electron chi connectivity index (χ0n) is 18.5. The van der Waals surface area contributed by atoms with Crippen LogP contribution in [0.3, 0.4) is 0 Å². The summed E-state index contributed by atoms with van der Waals surface area (Å²) in [4.78, 5) is 37.8. The first-order valence-electron chi connectivity index (χ1n) is 10.4. The Hall–Kier alpha value is -3.82. The summed E-state index contributed by atoms with van der Waals surface area (Å²) in [5.74, 6) is -0.947. The standard InChI is InChI=1S/C25H25N3O5S/c1-33-21-9-5-6-10-22(21)34-16-23(29)26-15-20(25(31)28-32)27-24(30)19-13-11-18(12-14-19)17-7-3-2-4-8-17/h2-14,20,32H,15-16H2,1H3,(H,26,29)(H,27,30)(H,28,31)/t20-/m0/s1. The molecule has 0 saturated heterocycles. The highest BCUT2D eigenvalue weighted by atomic mass is 32.2. The average molecular weight is 480 g/mol. The number of thioether (sulfide) groups is 1. The van der Waals surface area contributed by atoms with Gasteiger partial charge in [-0.1, -0.05) is 54.6 Å². The van der Waals surface area contributed by atoms with Crippen molar-refractivity contribution >= 4 is 29.5 Å². The summed E-state index contributed by atoms with van der Waals surface area (Å²) in [5, 5.41) is 14.2. The fourth-order valence-corrected chi connectivity index (χ4v) is 3.98. The summed E-state index contributed by atoms with van der Waals surface area (Å²) in [6, 6.07) is 22.8. The molecule has 0 unspecified atom stereocenters. The van der Waals surface area contributed by atoms with Crippen molar-refractivity contribution in [3.05, 3.63) is 84.4 Å². The van der Waals surface area contributed by atoms with Crippen molar-refractivity contribution in [1.29, 1.82) is 0 Å². The number of ether oxygens (including phenoxy) is 1. The van der Waals surface area contributed by atoms with E-state index < -0.39 is 17.9 Å². The predicted octanol–water partition coefficient (Wildman–Crippen LogP) is 2.87. The number of para-hydroxylation sites is 1. The van der Waals surface area contributed by atoms with Gasteiger partial charge in [0.05, 0.1) is 12.9 Å². The van der Waals surface area contributed by atoms with Crippen LogP contribution in [0.4, 0.5) is 0 Å². The van der Waals surface area contributed by atoms with Gasteiger partial charge in [0.25, 0.3) is 11.8 Å². The zero-order valence-corrected chi connectivity index (χ0v) is 19.3. The Morgan fingerprint density at radius 3 is 2.24 bits per heavy atom. The quantitative estimate of drug-likeness (QED) is 0.202. The van der Waals surface area contributed by atoms with Crippen LogP contribution in [0.15, 0.2) is 83.8 Å². The van der Waals surface area contributed by atoms with Gasteiger partial charge in [0, 0.05) is 17.0 Å². The molecule has 0 radical (unpaired) electrons. The number of carbonyl (C=O) groups is 3. The monoisotopic (exact) mass is 479 g/mol. The number of hydrogen-bond donors (Lipinski definition) is 4. The highest BCUT2D eigenvalue weighted by molar-refractivity contribution is 8.00. The molecule has 0 aliphatic carbocycles. The molecule has 34 heavy (non-hydrogen) atoms. The lowest BCUT2D eigenvalue weighted by Crippen LogP contribution is -2.52.